The van der Waals surface area contributed by atoms with Gasteiger partial charge < -0.3 is 8.85 Å². The van der Waals surface area contributed by atoms with Crippen LogP contribution in [0.2, 0.25) is 0 Å². The summed E-state index contributed by atoms with van der Waals surface area (Å²) in [5, 5.41) is 0. The third-order valence-corrected chi connectivity index (χ3v) is 3.48. The minimum Gasteiger partial charge on any atom is -0.346 e. The van der Waals surface area contributed by atoms with Gasteiger partial charge in [0.1, 0.15) is 0 Å². The molecule has 0 saturated carbocycles. The summed E-state index contributed by atoms with van der Waals surface area (Å²) in [6.07, 6.45) is -0.248. The van der Waals surface area contributed by atoms with Crippen molar-refractivity contribution in [2.24, 2.45) is 0 Å². The molecular weight excluding hydrogens is 244 g/mol. The Morgan fingerprint density at radius 2 is 1.12 bits per heavy atom. The average molecular weight is 268 g/mol. The molecule has 6 nitrogen and oxygen atoms in total. The van der Waals surface area contributed by atoms with E-state index in [4.69, 9.17) is 27.8 Å². The minimum atomic E-state index is -3.41. The minimum absolute atomic E-state index is 0.124. The van der Waals surface area contributed by atoms with Crippen molar-refractivity contribution in [2.45, 2.75) is 53.8 Å². The van der Waals surface area contributed by atoms with Gasteiger partial charge in [0.05, 0.1) is 13.2 Å². The molecule has 0 atom stereocenters. The van der Waals surface area contributed by atoms with E-state index in [1.807, 2.05) is 27.7 Å². The van der Waals surface area contributed by atoms with Crippen molar-refractivity contribution in [2.75, 3.05) is 13.2 Å². The van der Waals surface area contributed by atoms with Crippen molar-refractivity contribution in [3.05, 3.63) is 0 Å². The zero-order valence-corrected chi connectivity index (χ0v) is 12.5. The van der Waals surface area contributed by atoms with Gasteiger partial charge in [0, 0.05) is 12.2 Å². The van der Waals surface area contributed by atoms with Gasteiger partial charge in [-0.25, -0.2) is 9.78 Å². The quantitative estimate of drug-likeness (QED) is 0.344. The lowest BCUT2D eigenvalue weighted by Crippen LogP contribution is -2.52. The van der Waals surface area contributed by atoms with Crippen LogP contribution in [0.25, 0.3) is 0 Å². The van der Waals surface area contributed by atoms with Crippen LogP contribution in [0.1, 0.15) is 41.5 Å². The highest BCUT2D eigenvalue weighted by Crippen LogP contribution is 2.17. The van der Waals surface area contributed by atoms with Crippen molar-refractivity contribution in [1.29, 1.82) is 0 Å². The van der Waals surface area contributed by atoms with E-state index >= 15 is 0 Å². The van der Waals surface area contributed by atoms with E-state index < -0.39 is 9.05 Å². The maximum atomic E-state index is 5.58. The van der Waals surface area contributed by atoms with Crippen molar-refractivity contribution in [3.63, 3.8) is 0 Å². The van der Waals surface area contributed by atoms with Gasteiger partial charge in [-0.15, -0.1) is 0 Å². The Kier molecular flexibility index (Phi) is 8.97. The molecule has 0 aliphatic rings. The first-order valence-corrected chi connectivity index (χ1v) is 7.56. The molecule has 0 rings (SSSR count). The van der Waals surface area contributed by atoms with Crippen molar-refractivity contribution in [3.8, 4) is 0 Å². The molecule has 0 aliphatic heterocycles. The van der Waals surface area contributed by atoms with E-state index in [2.05, 4.69) is 0 Å². The van der Waals surface area contributed by atoms with E-state index in [0.29, 0.717) is 13.2 Å². The van der Waals surface area contributed by atoms with E-state index in [-0.39, 0.29) is 12.2 Å². The van der Waals surface area contributed by atoms with Crippen LogP contribution in [0, 0.1) is 0 Å². The highest BCUT2D eigenvalue weighted by molar-refractivity contribution is 6.53. The second kappa shape index (κ2) is 8.98. The second-order valence-electron chi connectivity index (χ2n) is 3.81. The standard InChI is InChI=1S/C10H24O6Si/c1-7-11-15-17(13-9(3)4,14-10(5)6)16-12-8-2/h9-10H,7-8H2,1-6H3. The summed E-state index contributed by atoms with van der Waals surface area (Å²) in [4.78, 5) is 9.81. The third kappa shape index (κ3) is 7.82. The Morgan fingerprint density at radius 3 is 1.35 bits per heavy atom. The maximum absolute atomic E-state index is 5.58. The van der Waals surface area contributed by atoms with Gasteiger partial charge >= 0.3 is 9.05 Å². The fraction of sp³-hybridized carbons (Fsp3) is 1.00. The molecule has 0 aromatic rings. The number of hydrogen-bond acceptors (Lipinski definition) is 6. The molecule has 0 bridgehead atoms. The SMILES string of the molecule is CCOO[Si](OOCC)(OC(C)C)OC(C)C. The molecule has 7 heteroatoms. The first-order chi connectivity index (χ1) is 7.95. The Balaban J connectivity index is 4.63. The Labute approximate surface area is 104 Å². The van der Waals surface area contributed by atoms with Crippen LogP contribution in [0.15, 0.2) is 0 Å². The lowest BCUT2D eigenvalue weighted by Gasteiger charge is -2.28. The Morgan fingerprint density at radius 1 is 0.765 bits per heavy atom. The highest BCUT2D eigenvalue weighted by atomic mass is 28.4. The van der Waals surface area contributed by atoms with Crippen LogP contribution in [0.4, 0.5) is 0 Å². The normalized spacial score (nSPS) is 12.7. The molecule has 0 aromatic carbocycles. The summed E-state index contributed by atoms with van der Waals surface area (Å²) < 4.78 is 21.4. The van der Waals surface area contributed by atoms with Gasteiger partial charge in [-0.3, -0.25) is 0 Å². The van der Waals surface area contributed by atoms with Gasteiger partial charge in [0.15, 0.2) is 0 Å². The Hall–Kier alpha value is -0.0231. The molecule has 104 valence electrons. The molecular formula is C10H24O6Si. The summed E-state index contributed by atoms with van der Waals surface area (Å²) in [7, 11) is -3.41. The van der Waals surface area contributed by atoms with Crippen LogP contribution < -0.4 is 0 Å². The zero-order valence-electron chi connectivity index (χ0n) is 11.5. The van der Waals surface area contributed by atoms with E-state index in [9.17, 15) is 0 Å². The molecule has 17 heavy (non-hydrogen) atoms. The molecule has 0 N–H and O–H groups in total. The fourth-order valence-corrected chi connectivity index (χ4v) is 2.88. The molecule has 0 aromatic heterocycles. The molecule has 0 spiro atoms. The lowest BCUT2D eigenvalue weighted by molar-refractivity contribution is -0.342. The van der Waals surface area contributed by atoms with Crippen LogP contribution in [0.5, 0.6) is 0 Å². The van der Waals surface area contributed by atoms with Crippen LogP contribution in [0.3, 0.4) is 0 Å². The summed E-state index contributed by atoms with van der Waals surface area (Å²) in [5.74, 6) is 0. The molecule has 0 unspecified atom stereocenters. The molecule has 0 saturated heterocycles. The predicted octanol–water partition coefficient (Wildman–Crippen LogP) is 2.21. The van der Waals surface area contributed by atoms with Crippen molar-refractivity contribution in [1.82, 2.24) is 0 Å². The van der Waals surface area contributed by atoms with Crippen LogP contribution >= 0.6 is 0 Å². The average Bonchev–Trinajstić information content (AvgIpc) is 2.22. The van der Waals surface area contributed by atoms with Crippen molar-refractivity contribution < 1.29 is 27.8 Å². The van der Waals surface area contributed by atoms with Gasteiger partial charge in [-0.05, 0) is 41.5 Å². The summed E-state index contributed by atoms with van der Waals surface area (Å²) in [5.41, 5.74) is 0. The largest absolute Gasteiger partial charge is 0.736 e. The molecule has 0 aliphatic carbocycles. The summed E-state index contributed by atoms with van der Waals surface area (Å²) >= 11 is 0. The first kappa shape index (κ1) is 17.0. The monoisotopic (exact) mass is 268 g/mol. The van der Waals surface area contributed by atoms with Gasteiger partial charge in [-0.1, -0.05) is 0 Å². The van der Waals surface area contributed by atoms with Crippen LogP contribution in [-0.2, 0) is 27.8 Å². The number of rotatable bonds is 10. The number of hydrogen-bond donors (Lipinski definition) is 0. The maximum Gasteiger partial charge on any atom is 0.736 e. The van der Waals surface area contributed by atoms with E-state index in [1.165, 1.54) is 0 Å². The van der Waals surface area contributed by atoms with Gasteiger partial charge in [0.2, 0.25) is 0 Å². The zero-order chi connectivity index (χ0) is 13.3. The molecule has 0 heterocycles. The Bertz CT molecular complexity index is 168. The molecule has 0 radical (unpaired) electrons. The van der Waals surface area contributed by atoms with Gasteiger partial charge in [0.25, 0.3) is 0 Å². The molecule has 0 amide bonds. The van der Waals surface area contributed by atoms with Crippen molar-refractivity contribution >= 4 is 9.05 Å². The molecule has 0 fully saturated rings. The second-order valence-corrected chi connectivity index (χ2v) is 5.62. The topological polar surface area (TPSA) is 55.4 Å². The first-order valence-electron chi connectivity index (χ1n) is 5.92. The van der Waals surface area contributed by atoms with E-state index in [0.717, 1.165) is 0 Å². The highest BCUT2D eigenvalue weighted by Gasteiger charge is 2.51. The summed E-state index contributed by atoms with van der Waals surface area (Å²) in [6.45, 7) is 11.8. The predicted molar refractivity (Wildman–Crippen MR) is 63.6 cm³/mol. The summed E-state index contributed by atoms with van der Waals surface area (Å²) in [6, 6.07) is 0. The lowest BCUT2D eigenvalue weighted by atomic mass is 10.5. The van der Waals surface area contributed by atoms with Gasteiger partial charge in [-0.2, -0.15) is 9.15 Å². The third-order valence-electron chi connectivity index (χ3n) is 1.32. The van der Waals surface area contributed by atoms with Crippen LogP contribution in [-0.4, -0.2) is 34.5 Å². The van der Waals surface area contributed by atoms with E-state index in [1.54, 1.807) is 13.8 Å². The smallest absolute Gasteiger partial charge is 0.346 e. The fourth-order valence-electron chi connectivity index (χ4n) is 0.960.